The monoisotopic (exact) mass is 409 g/mol. The zero-order chi connectivity index (χ0) is 21.2. The number of aliphatic imine (C=N–C) groups is 1. The van der Waals surface area contributed by atoms with Crippen LogP contribution < -0.4 is 20.1 Å². The molecule has 0 atom stereocenters. The summed E-state index contributed by atoms with van der Waals surface area (Å²) in [5.41, 5.74) is 1.91. The van der Waals surface area contributed by atoms with Crippen LogP contribution in [-0.2, 0) is 13.1 Å². The first-order chi connectivity index (χ1) is 14.6. The van der Waals surface area contributed by atoms with E-state index in [1.165, 1.54) is 0 Å². The van der Waals surface area contributed by atoms with Gasteiger partial charge in [-0.25, -0.2) is 9.97 Å². The van der Waals surface area contributed by atoms with E-state index in [2.05, 4.69) is 25.6 Å². The van der Waals surface area contributed by atoms with Crippen molar-refractivity contribution in [3.63, 3.8) is 0 Å². The molecule has 2 N–H and O–H groups in total. The molecule has 8 heteroatoms. The number of pyridine rings is 1. The minimum atomic E-state index is 0.426. The maximum Gasteiger partial charge on any atom is 0.214 e. The highest BCUT2D eigenvalue weighted by Crippen LogP contribution is 2.10. The number of nitrogens with zero attached hydrogens (tertiary/aromatic N) is 3. The van der Waals surface area contributed by atoms with Gasteiger partial charge < -0.3 is 24.5 Å². The number of benzene rings is 1. The van der Waals surface area contributed by atoms with Crippen LogP contribution >= 0.6 is 0 Å². The van der Waals surface area contributed by atoms with Crippen LogP contribution in [0.5, 0.6) is 11.6 Å². The van der Waals surface area contributed by atoms with Crippen LogP contribution in [0.25, 0.3) is 0 Å². The summed E-state index contributed by atoms with van der Waals surface area (Å²) in [6.45, 7) is 5.75. The molecule has 0 aliphatic carbocycles. The third kappa shape index (κ3) is 6.51. The number of rotatable bonds is 9. The van der Waals surface area contributed by atoms with Crippen molar-refractivity contribution in [1.82, 2.24) is 20.6 Å². The van der Waals surface area contributed by atoms with Crippen LogP contribution in [-0.4, -0.2) is 36.2 Å². The van der Waals surface area contributed by atoms with Gasteiger partial charge in [0.25, 0.3) is 0 Å². The van der Waals surface area contributed by atoms with Gasteiger partial charge in [-0.05, 0) is 31.5 Å². The number of nitrogens with one attached hydrogen (secondary N) is 2. The van der Waals surface area contributed by atoms with E-state index in [4.69, 9.17) is 13.9 Å². The van der Waals surface area contributed by atoms with Crippen molar-refractivity contribution < 1.29 is 13.9 Å². The van der Waals surface area contributed by atoms with Crippen molar-refractivity contribution in [3.8, 4) is 11.6 Å². The first kappa shape index (κ1) is 21.2. The average Bonchev–Trinajstić information content (AvgIpc) is 3.10. The van der Waals surface area contributed by atoms with Crippen molar-refractivity contribution >= 4 is 5.96 Å². The van der Waals surface area contributed by atoms with Crippen molar-refractivity contribution in [2.75, 3.05) is 20.3 Å². The predicted molar refractivity (Wildman–Crippen MR) is 115 cm³/mol. The van der Waals surface area contributed by atoms with Gasteiger partial charge in [-0.2, -0.15) is 0 Å². The molecule has 2 heterocycles. The van der Waals surface area contributed by atoms with Gasteiger partial charge in [0.05, 0.1) is 12.2 Å². The number of aryl methyl sites for hydroxylation is 2. The third-order valence-electron chi connectivity index (χ3n) is 4.31. The molecule has 0 amide bonds. The lowest BCUT2D eigenvalue weighted by molar-refractivity contribution is 0.212. The number of guanidine groups is 1. The first-order valence-electron chi connectivity index (χ1n) is 9.77. The van der Waals surface area contributed by atoms with E-state index in [0.717, 1.165) is 22.8 Å². The molecule has 3 aromatic rings. The summed E-state index contributed by atoms with van der Waals surface area (Å²) in [7, 11) is 1.72. The third-order valence-corrected chi connectivity index (χ3v) is 4.31. The molecule has 2 aromatic heterocycles. The Kier molecular flexibility index (Phi) is 7.65. The fourth-order valence-corrected chi connectivity index (χ4v) is 2.60. The first-order valence-corrected chi connectivity index (χ1v) is 9.77. The van der Waals surface area contributed by atoms with Crippen LogP contribution in [0.3, 0.4) is 0 Å². The van der Waals surface area contributed by atoms with E-state index in [9.17, 15) is 0 Å². The highest BCUT2D eigenvalue weighted by Gasteiger charge is 2.06. The largest absolute Gasteiger partial charge is 0.490 e. The van der Waals surface area contributed by atoms with Crippen molar-refractivity contribution in [2.45, 2.75) is 26.9 Å². The summed E-state index contributed by atoms with van der Waals surface area (Å²) in [4.78, 5) is 12.9. The molecular weight excluding hydrogens is 382 g/mol. The van der Waals surface area contributed by atoms with Gasteiger partial charge in [0.15, 0.2) is 5.96 Å². The molecule has 0 radical (unpaired) electrons. The second-order valence-electron chi connectivity index (χ2n) is 6.54. The van der Waals surface area contributed by atoms with Crippen LogP contribution in [0.4, 0.5) is 0 Å². The lowest BCUT2D eigenvalue weighted by Crippen LogP contribution is -2.36. The minimum absolute atomic E-state index is 0.426. The second kappa shape index (κ2) is 10.8. The lowest BCUT2D eigenvalue weighted by Gasteiger charge is -2.11. The highest BCUT2D eigenvalue weighted by molar-refractivity contribution is 5.79. The summed E-state index contributed by atoms with van der Waals surface area (Å²) in [6, 6.07) is 13.4. The minimum Gasteiger partial charge on any atom is -0.490 e. The molecule has 0 bridgehead atoms. The van der Waals surface area contributed by atoms with Crippen molar-refractivity contribution in [1.29, 1.82) is 0 Å². The summed E-state index contributed by atoms with van der Waals surface area (Å²) in [6.07, 6.45) is 1.77. The predicted octanol–water partition coefficient (Wildman–Crippen LogP) is 3.01. The summed E-state index contributed by atoms with van der Waals surface area (Å²) < 4.78 is 16.8. The fourth-order valence-electron chi connectivity index (χ4n) is 2.60. The van der Waals surface area contributed by atoms with Gasteiger partial charge in [0.2, 0.25) is 11.8 Å². The standard InChI is InChI=1S/C22H27N5O3/c1-16-17(2)30-21(27-16)15-26-22(23-3)25-14-18-9-10-20(24-13-18)29-12-11-28-19-7-5-4-6-8-19/h4-10,13H,11-12,14-15H2,1-3H3,(H2,23,25,26). The molecule has 0 aliphatic rings. The molecule has 0 unspecified atom stereocenters. The molecule has 3 rings (SSSR count). The molecule has 0 saturated heterocycles. The Labute approximate surface area is 176 Å². The van der Waals surface area contributed by atoms with Crippen LogP contribution in [0.15, 0.2) is 58.1 Å². The molecule has 0 aliphatic heterocycles. The van der Waals surface area contributed by atoms with Gasteiger partial charge in [-0.1, -0.05) is 24.3 Å². The highest BCUT2D eigenvalue weighted by atomic mass is 16.5. The van der Waals surface area contributed by atoms with Crippen LogP contribution in [0.1, 0.15) is 22.9 Å². The maximum absolute atomic E-state index is 5.62. The second-order valence-corrected chi connectivity index (χ2v) is 6.54. The topological polar surface area (TPSA) is 93.8 Å². The Morgan fingerprint density at radius 3 is 2.43 bits per heavy atom. The molecular formula is C22H27N5O3. The zero-order valence-electron chi connectivity index (χ0n) is 17.5. The Balaban J connectivity index is 1.37. The Morgan fingerprint density at radius 1 is 1.00 bits per heavy atom. The number of hydrogen-bond donors (Lipinski definition) is 2. The Hall–Kier alpha value is -3.55. The number of oxazole rings is 1. The molecule has 8 nitrogen and oxygen atoms in total. The summed E-state index contributed by atoms with van der Waals surface area (Å²) in [5, 5.41) is 6.42. The number of para-hydroxylation sites is 1. The number of aromatic nitrogens is 2. The van der Waals surface area contributed by atoms with Gasteiger partial charge >= 0.3 is 0 Å². The Bertz CT molecular complexity index is 920. The smallest absolute Gasteiger partial charge is 0.214 e. The van der Waals surface area contributed by atoms with E-state index in [-0.39, 0.29) is 0 Å². The van der Waals surface area contributed by atoms with E-state index in [1.54, 1.807) is 13.2 Å². The molecule has 30 heavy (non-hydrogen) atoms. The SMILES string of the molecule is CN=C(NCc1ccc(OCCOc2ccccc2)nc1)NCc1nc(C)c(C)o1. The maximum atomic E-state index is 5.62. The average molecular weight is 409 g/mol. The van der Waals surface area contributed by atoms with Gasteiger partial charge in [0, 0.05) is 25.9 Å². The van der Waals surface area contributed by atoms with Crippen molar-refractivity contribution in [3.05, 3.63) is 71.6 Å². The van der Waals surface area contributed by atoms with Crippen LogP contribution in [0, 0.1) is 13.8 Å². The van der Waals surface area contributed by atoms with E-state index in [1.807, 2.05) is 56.3 Å². The quantitative estimate of drug-likeness (QED) is 0.319. The molecule has 0 fully saturated rings. The fraction of sp³-hybridized carbons (Fsp3) is 0.318. The van der Waals surface area contributed by atoms with Gasteiger partial charge in [0.1, 0.15) is 24.7 Å². The van der Waals surface area contributed by atoms with Gasteiger partial charge in [-0.3, -0.25) is 4.99 Å². The summed E-state index contributed by atoms with van der Waals surface area (Å²) >= 11 is 0. The zero-order valence-corrected chi connectivity index (χ0v) is 17.5. The summed E-state index contributed by atoms with van der Waals surface area (Å²) in [5.74, 6) is 3.50. The van der Waals surface area contributed by atoms with E-state index < -0.39 is 0 Å². The molecule has 158 valence electrons. The molecule has 1 aromatic carbocycles. The number of hydrogen-bond acceptors (Lipinski definition) is 6. The van der Waals surface area contributed by atoms with E-state index in [0.29, 0.717) is 44.0 Å². The number of ether oxygens (including phenoxy) is 2. The van der Waals surface area contributed by atoms with Gasteiger partial charge in [-0.15, -0.1) is 0 Å². The molecule has 0 saturated carbocycles. The van der Waals surface area contributed by atoms with Crippen LogP contribution in [0.2, 0.25) is 0 Å². The van der Waals surface area contributed by atoms with Crippen molar-refractivity contribution in [2.24, 2.45) is 4.99 Å². The molecule has 0 spiro atoms. The normalized spacial score (nSPS) is 11.2. The van der Waals surface area contributed by atoms with E-state index >= 15 is 0 Å². The Morgan fingerprint density at radius 2 is 1.77 bits per heavy atom. The lowest BCUT2D eigenvalue weighted by atomic mass is 10.3.